The lowest BCUT2D eigenvalue weighted by atomic mass is 10.1. The summed E-state index contributed by atoms with van der Waals surface area (Å²) in [6, 6.07) is 0. The monoisotopic (exact) mass is 425 g/mol. The van der Waals surface area contributed by atoms with E-state index in [4.69, 9.17) is 19.7 Å². The molecule has 2 atom stereocenters. The number of hydrogen-bond acceptors (Lipinski definition) is 8. The molecule has 3 N–H and O–H groups in total. The number of ether oxygens (including phenoxy) is 2. The summed E-state index contributed by atoms with van der Waals surface area (Å²) >= 11 is 0. The minimum atomic E-state index is -4.30. The van der Waals surface area contributed by atoms with Gasteiger partial charge in [0.2, 0.25) is 0 Å². The molecule has 0 aromatic heterocycles. The van der Waals surface area contributed by atoms with Crippen LogP contribution >= 0.6 is 7.82 Å². The van der Waals surface area contributed by atoms with E-state index in [1.54, 1.807) is 0 Å². The van der Waals surface area contributed by atoms with Crippen LogP contribution in [0.15, 0.2) is 0 Å². The molecule has 10 heteroatoms. The molecule has 1 unspecified atom stereocenters. The van der Waals surface area contributed by atoms with Crippen LogP contribution < -0.4 is 5.73 Å². The van der Waals surface area contributed by atoms with E-state index in [0.717, 1.165) is 19.3 Å². The summed E-state index contributed by atoms with van der Waals surface area (Å²) in [6.45, 7) is 2.56. The highest BCUT2D eigenvalue weighted by Gasteiger charge is 2.25. The second-order valence-electron chi connectivity index (χ2n) is 6.53. The smallest absolute Gasteiger partial charge is 0.462 e. The van der Waals surface area contributed by atoms with Gasteiger partial charge in [-0.2, -0.15) is 0 Å². The third-order valence-corrected chi connectivity index (χ3v) is 4.78. The predicted octanol–water partition coefficient (Wildman–Crippen LogP) is 3.08. The third kappa shape index (κ3) is 17.1. The van der Waals surface area contributed by atoms with E-state index in [-0.39, 0.29) is 26.2 Å². The maximum Gasteiger partial charge on any atom is 0.472 e. The minimum Gasteiger partial charge on any atom is -0.462 e. The Morgan fingerprint density at radius 1 is 1.00 bits per heavy atom. The number of nitrogens with two attached hydrogens (primary N) is 1. The Kier molecular flexibility index (Phi) is 16.3. The van der Waals surface area contributed by atoms with Gasteiger partial charge in [0.1, 0.15) is 6.61 Å². The lowest BCUT2D eigenvalue weighted by molar-refractivity contribution is -0.159. The van der Waals surface area contributed by atoms with Crippen LogP contribution in [0.5, 0.6) is 0 Å². The Bertz CT molecular complexity index is 475. The molecular formula is C18H36NO8P. The van der Waals surface area contributed by atoms with Crippen molar-refractivity contribution in [2.45, 2.75) is 77.7 Å². The molecule has 0 aliphatic carbocycles. The van der Waals surface area contributed by atoms with E-state index in [0.29, 0.717) is 0 Å². The number of esters is 2. The molecule has 0 spiro atoms. The standard InChI is InChI=1S/C18H36NO8P/c1-3-4-5-6-7-8-9-10-11-18(21)24-14-17(27-16(2)20)15-26-28(22,23)25-13-12-19/h17H,3-15,19H2,1-2H3,(H,22,23)/t17-/m1/s1. The molecule has 166 valence electrons. The maximum absolute atomic E-state index is 11.8. The van der Waals surface area contributed by atoms with E-state index in [2.05, 4.69) is 11.4 Å². The fraction of sp³-hybridized carbons (Fsp3) is 0.889. The van der Waals surface area contributed by atoms with Gasteiger partial charge in [-0.25, -0.2) is 4.57 Å². The van der Waals surface area contributed by atoms with Crippen LogP contribution in [0.3, 0.4) is 0 Å². The summed E-state index contributed by atoms with van der Waals surface area (Å²) in [5.74, 6) is -1.03. The predicted molar refractivity (Wildman–Crippen MR) is 105 cm³/mol. The Balaban J connectivity index is 4.04. The average Bonchev–Trinajstić information content (AvgIpc) is 2.64. The lowest BCUT2D eigenvalue weighted by Crippen LogP contribution is -2.28. The van der Waals surface area contributed by atoms with Gasteiger partial charge in [-0.1, -0.05) is 51.9 Å². The molecule has 0 fully saturated rings. The zero-order valence-corrected chi connectivity index (χ0v) is 18.0. The molecule has 0 aromatic carbocycles. The molecule has 0 heterocycles. The van der Waals surface area contributed by atoms with Crippen molar-refractivity contribution in [1.29, 1.82) is 0 Å². The quantitative estimate of drug-likeness (QED) is 0.193. The number of phosphoric ester groups is 1. The molecule has 0 rings (SSSR count). The Labute approximate surface area is 167 Å². The van der Waals surface area contributed by atoms with Gasteiger partial charge in [0.25, 0.3) is 0 Å². The van der Waals surface area contributed by atoms with E-state index >= 15 is 0 Å². The van der Waals surface area contributed by atoms with E-state index in [1.807, 2.05) is 0 Å². The molecule has 9 nitrogen and oxygen atoms in total. The van der Waals surface area contributed by atoms with Crippen LogP contribution in [-0.4, -0.2) is 49.3 Å². The topological polar surface area (TPSA) is 134 Å². The maximum atomic E-state index is 11.8. The SMILES string of the molecule is CCCCCCCCCCC(=O)OC[C@H](COP(=O)(O)OCCN)OC(C)=O. The van der Waals surface area contributed by atoms with E-state index < -0.39 is 32.5 Å². The largest absolute Gasteiger partial charge is 0.472 e. The van der Waals surface area contributed by atoms with Crippen LogP contribution in [0.1, 0.15) is 71.6 Å². The first-order valence-electron chi connectivity index (χ1n) is 9.95. The number of unbranched alkanes of at least 4 members (excludes halogenated alkanes) is 7. The van der Waals surface area contributed by atoms with Crippen molar-refractivity contribution in [2.75, 3.05) is 26.4 Å². The van der Waals surface area contributed by atoms with Crippen molar-refractivity contribution in [1.82, 2.24) is 0 Å². The Morgan fingerprint density at radius 2 is 1.61 bits per heavy atom. The molecule has 0 aliphatic heterocycles. The first-order valence-corrected chi connectivity index (χ1v) is 11.4. The van der Waals surface area contributed by atoms with E-state index in [1.165, 1.54) is 39.0 Å². The van der Waals surface area contributed by atoms with Gasteiger partial charge in [0, 0.05) is 19.9 Å². The Hall–Kier alpha value is -0.990. The van der Waals surface area contributed by atoms with Gasteiger partial charge in [-0.05, 0) is 6.42 Å². The fourth-order valence-electron chi connectivity index (χ4n) is 2.39. The van der Waals surface area contributed by atoms with Crippen LogP contribution in [0.4, 0.5) is 0 Å². The molecule has 0 amide bonds. The van der Waals surface area contributed by atoms with Gasteiger partial charge < -0.3 is 20.1 Å². The molecule has 0 bridgehead atoms. The van der Waals surface area contributed by atoms with Crippen molar-refractivity contribution in [3.05, 3.63) is 0 Å². The summed E-state index contributed by atoms with van der Waals surface area (Å²) in [4.78, 5) is 32.4. The molecular weight excluding hydrogens is 389 g/mol. The number of carbonyl (C=O) groups is 2. The molecule has 0 radical (unpaired) electrons. The molecule has 0 aromatic rings. The molecule has 0 aliphatic rings. The third-order valence-electron chi connectivity index (χ3n) is 3.79. The zero-order chi connectivity index (χ0) is 21.3. The van der Waals surface area contributed by atoms with Crippen LogP contribution in [-0.2, 0) is 32.7 Å². The summed E-state index contributed by atoms with van der Waals surface area (Å²) in [7, 11) is -4.30. The number of carbonyl (C=O) groups excluding carboxylic acids is 2. The van der Waals surface area contributed by atoms with Gasteiger partial charge >= 0.3 is 19.8 Å². The van der Waals surface area contributed by atoms with Crippen molar-refractivity contribution in [3.8, 4) is 0 Å². The number of phosphoric acid groups is 1. The molecule has 0 saturated heterocycles. The van der Waals surface area contributed by atoms with Gasteiger partial charge in [0.05, 0.1) is 13.2 Å². The van der Waals surface area contributed by atoms with Crippen LogP contribution in [0.25, 0.3) is 0 Å². The van der Waals surface area contributed by atoms with Gasteiger partial charge in [0.15, 0.2) is 6.10 Å². The highest BCUT2D eigenvalue weighted by atomic mass is 31.2. The second-order valence-corrected chi connectivity index (χ2v) is 7.98. The first-order chi connectivity index (χ1) is 13.3. The van der Waals surface area contributed by atoms with Gasteiger partial charge in [-0.15, -0.1) is 0 Å². The summed E-state index contributed by atoms with van der Waals surface area (Å²) < 4.78 is 30.9. The summed E-state index contributed by atoms with van der Waals surface area (Å²) in [6.07, 6.45) is 8.23. The molecule has 0 saturated carbocycles. The normalized spacial score (nSPS) is 14.3. The zero-order valence-electron chi connectivity index (χ0n) is 17.1. The second kappa shape index (κ2) is 16.9. The fourth-order valence-corrected chi connectivity index (χ4v) is 3.16. The van der Waals surface area contributed by atoms with Crippen LogP contribution in [0, 0.1) is 0 Å². The summed E-state index contributed by atoms with van der Waals surface area (Å²) in [5.41, 5.74) is 5.18. The number of rotatable bonds is 18. The van der Waals surface area contributed by atoms with Gasteiger partial charge in [-0.3, -0.25) is 18.6 Å². The highest BCUT2D eigenvalue weighted by Crippen LogP contribution is 2.42. The van der Waals surface area contributed by atoms with E-state index in [9.17, 15) is 19.0 Å². The first kappa shape index (κ1) is 27.0. The molecule has 28 heavy (non-hydrogen) atoms. The highest BCUT2D eigenvalue weighted by molar-refractivity contribution is 7.47. The number of hydrogen-bond donors (Lipinski definition) is 2. The minimum absolute atomic E-state index is 0.0532. The Morgan fingerprint density at radius 3 is 2.18 bits per heavy atom. The lowest BCUT2D eigenvalue weighted by Gasteiger charge is -2.19. The van der Waals surface area contributed by atoms with Crippen molar-refractivity contribution in [3.63, 3.8) is 0 Å². The van der Waals surface area contributed by atoms with Crippen LogP contribution in [0.2, 0.25) is 0 Å². The van der Waals surface area contributed by atoms with Crippen molar-refractivity contribution < 1.29 is 37.6 Å². The summed E-state index contributed by atoms with van der Waals surface area (Å²) in [5, 5.41) is 0. The van der Waals surface area contributed by atoms with Crippen molar-refractivity contribution in [2.24, 2.45) is 5.73 Å². The van der Waals surface area contributed by atoms with Crippen molar-refractivity contribution >= 4 is 19.8 Å². The average molecular weight is 425 g/mol.